The van der Waals surface area contributed by atoms with Crippen LogP contribution in [-0.2, 0) is 11.8 Å². The first-order valence-corrected chi connectivity index (χ1v) is 15.4. The van der Waals surface area contributed by atoms with Crippen LogP contribution >= 0.6 is 22.7 Å². The highest BCUT2D eigenvalue weighted by molar-refractivity contribution is 7.25. The van der Waals surface area contributed by atoms with Gasteiger partial charge in [0.15, 0.2) is 11.6 Å². The first kappa shape index (κ1) is 23.4. The Labute approximate surface area is 245 Å². The van der Waals surface area contributed by atoms with Gasteiger partial charge in [-0.2, -0.15) is 0 Å². The Hall–Kier alpha value is -4.32. The van der Waals surface area contributed by atoms with Crippen molar-refractivity contribution in [2.75, 3.05) is 4.90 Å². The van der Waals surface area contributed by atoms with Crippen molar-refractivity contribution in [2.24, 2.45) is 0 Å². The normalized spacial score (nSPS) is 16.1. The molecule has 2 aromatic heterocycles. The number of fused-ring (bicyclic) bond motifs is 9. The first-order valence-electron chi connectivity index (χ1n) is 13.8. The second-order valence-electron chi connectivity index (χ2n) is 11.6. The quantitative estimate of drug-likeness (QED) is 0.147. The summed E-state index contributed by atoms with van der Waals surface area (Å²) in [5.41, 5.74) is 8.74. The van der Waals surface area contributed by atoms with E-state index in [-0.39, 0.29) is 22.6 Å². The molecule has 0 fully saturated rings. The van der Waals surface area contributed by atoms with Crippen LogP contribution in [0.1, 0.15) is 61.7 Å². The monoisotopic (exact) mass is 565 g/mol. The van der Waals surface area contributed by atoms with Gasteiger partial charge >= 0.3 is 0 Å². The molecule has 0 spiro atoms. The van der Waals surface area contributed by atoms with E-state index < -0.39 is 0 Å². The zero-order valence-corrected chi connectivity index (χ0v) is 24.1. The molecule has 196 valence electrons. The second-order valence-corrected chi connectivity index (χ2v) is 13.8. The van der Waals surface area contributed by atoms with Crippen molar-refractivity contribution in [1.82, 2.24) is 0 Å². The van der Waals surface area contributed by atoms with Crippen molar-refractivity contribution >= 4 is 76.9 Å². The molecule has 0 saturated carbocycles. The molecule has 3 aliphatic rings. The number of allylic oxidation sites excluding steroid dienone is 1. The second kappa shape index (κ2) is 7.90. The van der Waals surface area contributed by atoms with Crippen molar-refractivity contribution in [1.29, 1.82) is 0 Å². The number of benzene rings is 4. The average molecular weight is 566 g/mol. The van der Waals surface area contributed by atoms with Crippen molar-refractivity contribution in [3.63, 3.8) is 0 Å². The molecule has 4 heterocycles. The van der Waals surface area contributed by atoms with Crippen molar-refractivity contribution in [2.45, 2.75) is 25.7 Å². The fourth-order valence-electron chi connectivity index (χ4n) is 7.04. The van der Waals surface area contributed by atoms with Crippen molar-refractivity contribution < 1.29 is 9.59 Å². The molecule has 9 rings (SSSR count). The maximum absolute atomic E-state index is 13.2. The number of carbonyl (C=O) groups is 2. The van der Waals surface area contributed by atoms with Gasteiger partial charge in [0.1, 0.15) is 5.00 Å². The summed E-state index contributed by atoms with van der Waals surface area (Å²) in [5, 5.41) is 3.85. The van der Waals surface area contributed by atoms with E-state index in [0.29, 0.717) is 11.1 Å². The summed E-state index contributed by atoms with van der Waals surface area (Å²) in [7, 11) is 0. The number of nitrogens with zero attached hydrogens (tertiary/aromatic N) is 1. The lowest BCUT2D eigenvalue weighted by molar-refractivity contribution is 0.0990. The summed E-state index contributed by atoms with van der Waals surface area (Å²) >= 11 is 3.54. The van der Waals surface area contributed by atoms with Crippen LogP contribution in [0.2, 0.25) is 0 Å². The molecule has 3 nitrogen and oxygen atoms in total. The van der Waals surface area contributed by atoms with E-state index in [0.717, 1.165) is 16.3 Å². The third-order valence-corrected chi connectivity index (χ3v) is 11.2. The SMILES string of the molecule is CC1(C)c2cc(C=C3C(=O)c4ccccc4C3=O)sc2N2c3ccccc3Cc3c2c1cc1sc2ccccc2c31. The van der Waals surface area contributed by atoms with Crippen LogP contribution in [0.4, 0.5) is 16.4 Å². The molecule has 1 aliphatic carbocycles. The summed E-state index contributed by atoms with van der Waals surface area (Å²) in [6.07, 6.45) is 2.71. The van der Waals surface area contributed by atoms with E-state index in [1.54, 1.807) is 23.5 Å². The predicted molar refractivity (Wildman–Crippen MR) is 170 cm³/mol. The minimum absolute atomic E-state index is 0.183. The Kier molecular flexibility index (Phi) is 4.51. The molecule has 0 unspecified atom stereocenters. The maximum atomic E-state index is 13.2. The Morgan fingerprint density at radius 1 is 0.780 bits per heavy atom. The van der Waals surface area contributed by atoms with E-state index in [1.165, 1.54) is 53.8 Å². The topological polar surface area (TPSA) is 37.4 Å². The third-order valence-electron chi connectivity index (χ3n) is 9.04. The van der Waals surface area contributed by atoms with Gasteiger partial charge in [0.25, 0.3) is 0 Å². The number of ketones is 2. The van der Waals surface area contributed by atoms with Gasteiger partial charge in [0.2, 0.25) is 0 Å². The summed E-state index contributed by atoms with van der Waals surface area (Å²) in [6.45, 7) is 4.62. The molecule has 0 radical (unpaired) electrons. The number of thiophene rings is 2. The standard InChI is InChI=1S/C36H23NO2S2/c1-36(2)26-18-30-31(23-12-6-8-14-29(23)41-30)24-15-19-9-3-7-13-28(19)37(32(24)26)35-27(36)17-20(40-35)16-25-33(38)21-10-4-5-11-22(21)34(25)39/h3-14,16-18H,15H2,1-2H3. The van der Waals surface area contributed by atoms with Gasteiger partial charge in [-0.1, -0.05) is 74.5 Å². The van der Waals surface area contributed by atoms with Crippen LogP contribution in [-0.4, -0.2) is 11.6 Å². The highest BCUT2D eigenvalue weighted by Gasteiger charge is 2.43. The zero-order chi connectivity index (χ0) is 27.6. The van der Waals surface area contributed by atoms with Crippen LogP contribution in [0.3, 0.4) is 0 Å². The number of Topliss-reactive ketones (excluding diaryl/α,β-unsaturated/α-hetero) is 2. The smallest absolute Gasteiger partial charge is 0.197 e. The van der Waals surface area contributed by atoms with E-state index in [2.05, 4.69) is 79.4 Å². The van der Waals surface area contributed by atoms with Crippen LogP contribution in [0.25, 0.3) is 26.2 Å². The average Bonchev–Trinajstić information content (AvgIpc) is 3.65. The van der Waals surface area contributed by atoms with E-state index in [1.807, 2.05) is 29.5 Å². The van der Waals surface area contributed by atoms with Gasteiger partial charge in [-0.05, 0) is 52.6 Å². The lowest BCUT2D eigenvalue weighted by atomic mass is 9.72. The van der Waals surface area contributed by atoms with Crippen molar-refractivity contribution in [3.8, 4) is 0 Å². The number of para-hydroxylation sites is 1. The third kappa shape index (κ3) is 2.97. The molecular formula is C36H23NO2S2. The molecule has 5 heteroatoms. The summed E-state index contributed by atoms with van der Waals surface area (Å²) in [5.74, 6) is -0.366. The molecule has 4 aromatic carbocycles. The summed E-state index contributed by atoms with van der Waals surface area (Å²) in [6, 6.07) is 29.2. The van der Waals surface area contributed by atoms with Crippen LogP contribution < -0.4 is 4.90 Å². The Morgan fingerprint density at radius 3 is 2.29 bits per heavy atom. The fourth-order valence-corrected chi connectivity index (χ4v) is 9.50. The molecule has 41 heavy (non-hydrogen) atoms. The highest BCUT2D eigenvalue weighted by atomic mass is 32.1. The van der Waals surface area contributed by atoms with Gasteiger partial charge in [-0.25, -0.2) is 0 Å². The van der Waals surface area contributed by atoms with E-state index in [4.69, 9.17) is 0 Å². The highest BCUT2D eigenvalue weighted by Crippen LogP contribution is 2.60. The lowest BCUT2D eigenvalue weighted by Crippen LogP contribution is -2.32. The van der Waals surface area contributed by atoms with Gasteiger partial charge in [-0.3, -0.25) is 9.59 Å². The van der Waals surface area contributed by atoms with E-state index in [9.17, 15) is 9.59 Å². The number of hydrogen-bond donors (Lipinski definition) is 0. The molecular weight excluding hydrogens is 543 g/mol. The fraction of sp³-hybridized carbons (Fsp3) is 0.111. The Balaban J connectivity index is 1.31. The molecule has 0 N–H and O–H groups in total. The van der Waals surface area contributed by atoms with Gasteiger partial charge < -0.3 is 4.90 Å². The minimum Gasteiger partial charge on any atom is -0.301 e. The lowest BCUT2D eigenvalue weighted by Gasteiger charge is -2.44. The Bertz CT molecular complexity index is 2170. The van der Waals surface area contributed by atoms with Crippen LogP contribution in [0, 0.1) is 0 Å². The van der Waals surface area contributed by atoms with Gasteiger partial charge in [0.05, 0.1) is 16.9 Å². The van der Waals surface area contributed by atoms with Crippen molar-refractivity contribution in [3.05, 3.63) is 129 Å². The number of hydrogen-bond acceptors (Lipinski definition) is 5. The van der Waals surface area contributed by atoms with Gasteiger partial charge in [0, 0.05) is 48.0 Å². The summed E-state index contributed by atoms with van der Waals surface area (Å²) < 4.78 is 2.65. The number of carbonyl (C=O) groups excluding carboxylic acids is 2. The largest absolute Gasteiger partial charge is 0.301 e. The van der Waals surface area contributed by atoms with Gasteiger partial charge in [-0.15, -0.1) is 22.7 Å². The molecule has 0 bridgehead atoms. The predicted octanol–water partition coefficient (Wildman–Crippen LogP) is 9.59. The van der Waals surface area contributed by atoms with Crippen LogP contribution in [0.5, 0.6) is 0 Å². The molecule has 6 aromatic rings. The maximum Gasteiger partial charge on any atom is 0.197 e. The minimum atomic E-state index is -0.257. The molecule has 0 saturated heterocycles. The first-order chi connectivity index (χ1) is 19.9. The number of rotatable bonds is 1. The Morgan fingerprint density at radius 2 is 1.49 bits per heavy atom. The summed E-state index contributed by atoms with van der Waals surface area (Å²) in [4.78, 5) is 29.8. The molecule has 0 amide bonds. The van der Waals surface area contributed by atoms with E-state index >= 15 is 0 Å². The molecule has 2 aliphatic heterocycles. The molecule has 0 atom stereocenters. The number of anilines is 3. The zero-order valence-electron chi connectivity index (χ0n) is 22.4. The van der Waals surface area contributed by atoms with Crippen LogP contribution in [0.15, 0.2) is 90.5 Å².